The lowest BCUT2D eigenvalue weighted by molar-refractivity contribution is 0.0589. The lowest BCUT2D eigenvalue weighted by atomic mass is 9.97. The zero-order valence-electron chi connectivity index (χ0n) is 15.2. The summed E-state index contributed by atoms with van der Waals surface area (Å²) in [6, 6.07) is 12.7. The fourth-order valence-electron chi connectivity index (χ4n) is 3.95. The zero-order chi connectivity index (χ0) is 19.0. The van der Waals surface area contributed by atoms with Gasteiger partial charge in [-0.15, -0.1) is 0 Å². The van der Waals surface area contributed by atoms with Gasteiger partial charge in [0.25, 0.3) is 11.8 Å². The molecule has 5 nitrogen and oxygen atoms in total. The van der Waals surface area contributed by atoms with E-state index >= 15 is 0 Å². The standard InChI is InChI=1S/C21H22ClN3O2/c1-24-18-12-15(20(26)23-13-14-5-4-6-16(22)11-14)8-9-17(18)21(27)25-10-3-2-7-19(24)25/h4-6,8-9,11-12,19H,2-3,7,10,13H2,1H3,(H,23,26). The zero-order valence-corrected chi connectivity index (χ0v) is 16.0. The van der Waals surface area contributed by atoms with Crippen molar-refractivity contribution < 1.29 is 9.59 Å². The van der Waals surface area contributed by atoms with Crippen molar-refractivity contribution in [2.24, 2.45) is 0 Å². The Kier molecular flexibility index (Phi) is 4.79. The van der Waals surface area contributed by atoms with Crippen LogP contribution in [0.3, 0.4) is 0 Å². The van der Waals surface area contributed by atoms with Gasteiger partial charge in [0.2, 0.25) is 0 Å². The molecule has 1 N–H and O–H groups in total. The summed E-state index contributed by atoms with van der Waals surface area (Å²) in [5, 5.41) is 3.57. The van der Waals surface area contributed by atoms with Gasteiger partial charge in [-0.25, -0.2) is 0 Å². The highest BCUT2D eigenvalue weighted by Crippen LogP contribution is 2.34. The summed E-state index contributed by atoms with van der Waals surface area (Å²) in [6.07, 6.45) is 3.22. The van der Waals surface area contributed by atoms with Crippen molar-refractivity contribution in [2.45, 2.75) is 32.0 Å². The number of nitrogens with one attached hydrogen (secondary N) is 1. The average Bonchev–Trinajstić information content (AvgIpc) is 2.70. The topological polar surface area (TPSA) is 52.7 Å². The van der Waals surface area contributed by atoms with Gasteiger partial charge in [-0.2, -0.15) is 0 Å². The Morgan fingerprint density at radius 2 is 2.07 bits per heavy atom. The van der Waals surface area contributed by atoms with Gasteiger partial charge in [0.15, 0.2) is 0 Å². The van der Waals surface area contributed by atoms with Crippen LogP contribution in [0, 0.1) is 0 Å². The number of hydrogen-bond acceptors (Lipinski definition) is 3. The second kappa shape index (κ2) is 7.24. The lowest BCUT2D eigenvalue weighted by Crippen LogP contribution is -2.55. The van der Waals surface area contributed by atoms with E-state index in [4.69, 9.17) is 11.6 Å². The fraction of sp³-hybridized carbons (Fsp3) is 0.333. The first-order chi connectivity index (χ1) is 13.0. The van der Waals surface area contributed by atoms with Gasteiger partial charge < -0.3 is 15.1 Å². The van der Waals surface area contributed by atoms with E-state index in [1.807, 2.05) is 36.2 Å². The fourth-order valence-corrected chi connectivity index (χ4v) is 4.16. The van der Waals surface area contributed by atoms with E-state index in [0.29, 0.717) is 22.7 Å². The third-order valence-electron chi connectivity index (χ3n) is 5.39. The van der Waals surface area contributed by atoms with Crippen LogP contribution in [0.2, 0.25) is 5.02 Å². The van der Waals surface area contributed by atoms with Crippen LogP contribution in [0.4, 0.5) is 5.69 Å². The number of carbonyl (C=O) groups excluding carboxylic acids is 2. The maximum absolute atomic E-state index is 12.8. The Balaban J connectivity index is 1.54. The molecule has 2 aliphatic rings. The summed E-state index contributed by atoms with van der Waals surface area (Å²) < 4.78 is 0. The molecule has 2 aliphatic heterocycles. The minimum absolute atomic E-state index is 0.0682. The first-order valence-corrected chi connectivity index (χ1v) is 9.63. The molecule has 4 rings (SSSR count). The van der Waals surface area contributed by atoms with E-state index in [1.54, 1.807) is 18.2 Å². The van der Waals surface area contributed by atoms with E-state index in [9.17, 15) is 9.59 Å². The van der Waals surface area contributed by atoms with Gasteiger partial charge >= 0.3 is 0 Å². The van der Waals surface area contributed by atoms with Crippen LogP contribution >= 0.6 is 11.6 Å². The number of carbonyl (C=O) groups is 2. The molecule has 2 aromatic carbocycles. The molecule has 1 fully saturated rings. The molecule has 0 aliphatic carbocycles. The SMILES string of the molecule is CN1c2cc(C(=O)NCc3cccc(Cl)c3)ccc2C(=O)N2CCCCC21. The monoisotopic (exact) mass is 383 g/mol. The van der Waals surface area contributed by atoms with Crippen molar-refractivity contribution in [3.8, 4) is 0 Å². The molecule has 0 bridgehead atoms. The van der Waals surface area contributed by atoms with Gasteiger partial charge in [0, 0.05) is 30.7 Å². The number of anilines is 1. The average molecular weight is 384 g/mol. The minimum atomic E-state index is -0.162. The molecule has 140 valence electrons. The van der Waals surface area contributed by atoms with E-state index in [-0.39, 0.29) is 18.0 Å². The Morgan fingerprint density at radius 3 is 2.89 bits per heavy atom. The van der Waals surface area contributed by atoms with Gasteiger partial charge in [-0.3, -0.25) is 9.59 Å². The van der Waals surface area contributed by atoms with E-state index in [0.717, 1.165) is 37.1 Å². The Hall–Kier alpha value is -2.53. The Labute approximate surface area is 163 Å². The molecular formula is C21H22ClN3O2. The molecule has 2 amide bonds. The summed E-state index contributed by atoms with van der Waals surface area (Å²) in [5.41, 5.74) is 3.00. The third-order valence-corrected chi connectivity index (χ3v) is 5.63. The van der Waals surface area contributed by atoms with E-state index < -0.39 is 0 Å². The molecule has 6 heteroatoms. The maximum atomic E-state index is 12.8. The number of hydrogen-bond donors (Lipinski definition) is 1. The van der Waals surface area contributed by atoms with E-state index in [1.165, 1.54) is 0 Å². The minimum Gasteiger partial charge on any atom is -0.354 e. The number of benzene rings is 2. The van der Waals surface area contributed by atoms with Crippen LogP contribution in [-0.4, -0.2) is 36.5 Å². The summed E-state index contributed by atoms with van der Waals surface area (Å²) in [5.74, 6) is -0.0941. The number of fused-ring (bicyclic) bond motifs is 2. The van der Waals surface area contributed by atoms with E-state index in [2.05, 4.69) is 10.2 Å². The molecule has 0 saturated carbocycles. The number of nitrogens with zero attached hydrogens (tertiary/aromatic N) is 2. The highest BCUT2D eigenvalue weighted by atomic mass is 35.5. The molecule has 1 saturated heterocycles. The molecule has 0 spiro atoms. The molecule has 1 atom stereocenters. The van der Waals surface area contributed by atoms with Crippen LogP contribution < -0.4 is 10.2 Å². The first-order valence-electron chi connectivity index (χ1n) is 9.25. The number of rotatable bonds is 3. The van der Waals surface area contributed by atoms with Crippen molar-refractivity contribution in [3.05, 3.63) is 64.2 Å². The van der Waals surface area contributed by atoms with Crippen LogP contribution in [-0.2, 0) is 6.54 Å². The second-order valence-electron chi connectivity index (χ2n) is 7.13. The summed E-state index contributed by atoms with van der Waals surface area (Å²) in [4.78, 5) is 29.5. The highest BCUT2D eigenvalue weighted by Gasteiger charge is 2.37. The first kappa shape index (κ1) is 17.9. The third kappa shape index (κ3) is 3.39. The van der Waals surface area contributed by atoms with Crippen molar-refractivity contribution in [3.63, 3.8) is 0 Å². The molecule has 2 heterocycles. The molecule has 0 aromatic heterocycles. The van der Waals surface area contributed by atoms with Gasteiger partial charge in [0.05, 0.1) is 11.3 Å². The summed E-state index contributed by atoms with van der Waals surface area (Å²) in [6.45, 7) is 1.21. The highest BCUT2D eigenvalue weighted by molar-refractivity contribution is 6.30. The van der Waals surface area contributed by atoms with Crippen molar-refractivity contribution in [1.29, 1.82) is 0 Å². The van der Waals surface area contributed by atoms with Crippen molar-refractivity contribution >= 4 is 29.1 Å². The van der Waals surface area contributed by atoms with Gasteiger partial charge in [0.1, 0.15) is 6.17 Å². The normalized spacial score (nSPS) is 18.7. The predicted octanol–water partition coefficient (Wildman–Crippen LogP) is 3.67. The lowest BCUT2D eigenvalue weighted by Gasteiger charge is -2.46. The molecular weight excluding hydrogens is 362 g/mol. The molecule has 1 unspecified atom stereocenters. The predicted molar refractivity (Wildman–Crippen MR) is 106 cm³/mol. The number of piperidine rings is 1. The van der Waals surface area contributed by atoms with Crippen LogP contribution in [0.25, 0.3) is 0 Å². The quantitative estimate of drug-likeness (QED) is 0.879. The molecule has 0 radical (unpaired) electrons. The summed E-state index contributed by atoms with van der Waals surface area (Å²) in [7, 11) is 2.00. The van der Waals surface area contributed by atoms with Gasteiger partial charge in [-0.1, -0.05) is 23.7 Å². The largest absolute Gasteiger partial charge is 0.354 e. The van der Waals surface area contributed by atoms with Crippen LogP contribution in [0.1, 0.15) is 45.5 Å². The second-order valence-corrected chi connectivity index (χ2v) is 7.57. The number of halogens is 1. The molecule has 2 aromatic rings. The molecule has 27 heavy (non-hydrogen) atoms. The number of amides is 2. The van der Waals surface area contributed by atoms with Crippen LogP contribution in [0.15, 0.2) is 42.5 Å². The van der Waals surface area contributed by atoms with Crippen molar-refractivity contribution in [2.75, 3.05) is 18.5 Å². The Bertz CT molecular complexity index is 899. The maximum Gasteiger partial charge on any atom is 0.257 e. The van der Waals surface area contributed by atoms with Gasteiger partial charge in [-0.05, 0) is 55.2 Å². The Morgan fingerprint density at radius 1 is 1.22 bits per heavy atom. The van der Waals surface area contributed by atoms with Crippen LogP contribution in [0.5, 0.6) is 0 Å². The smallest absolute Gasteiger partial charge is 0.257 e. The summed E-state index contributed by atoms with van der Waals surface area (Å²) >= 11 is 5.99. The van der Waals surface area contributed by atoms with Crippen molar-refractivity contribution in [1.82, 2.24) is 10.2 Å².